The van der Waals surface area contributed by atoms with Crippen molar-refractivity contribution in [3.8, 4) is 40.3 Å². The molecule has 0 N–H and O–H groups in total. The third kappa shape index (κ3) is 4.84. The Labute approximate surface area is 250 Å². The van der Waals surface area contributed by atoms with Gasteiger partial charge in [-0.3, -0.25) is 14.5 Å². The molecule has 9 nitrogen and oxygen atoms in total. The van der Waals surface area contributed by atoms with Crippen molar-refractivity contribution in [3.63, 3.8) is 0 Å². The molecule has 42 heavy (non-hydrogen) atoms. The molecular formula is C32H23BrN4O5. The number of benzene rings is 3. The molecule has 6 rings (SSSR count). The summed E-state index contributed by atoms with van der Waals surface area (Å²) in [5, 5.41) is 14.8. The minimum absolute atomic E-state index is 0.0360. The van der Waals surface area contributed by atoms with Crippen molar-refractivity contribution in [2.75, 3.05) is 13.9 Å². The van der Waals surface area contributed by atoms with Crippen LogP contribution in [0.25, 0.3) is 23.0 Å². The number of methoxy groups -OCH3 is 1. The zero-order valence-electron chi connectivity index (χ0n) is 22.6. The van der Waals surface area contributed by atoms with Crippen LogP contribution in [-0.2, 0) is 16.1 Å². The second-order valence-electron chi connectivity index (χ2n) is 9.62. The maximum atomic E-state index is 13.9. The number of fused-ring (bicyclic) bond motifs is 1. The normalized spacial score (nSPS) is 15.4. The number of carbonyl (C=O) groups is 2. The average molecular weight is 623 g/mol. The van der Waals surface area contributed by atoms with Crippen molar-refractivity contribution < 1.29 is 23.8 Å². The first-order valence-corrected chi connectivity index (χ1v) is 13.7. The van der Waals surface area contributed by atoms with E-state index in [2.05, 4.69) is 15.9 Å². The molecule has 0 radical (unpaired) electrons. The van der Waals surface area contributed by atoms with Gasteiger partial charge in [-0.15, -0.1) is 0 Å². The molecule has 0 bridgehead atoms. The molecule has 0 spiro atoms. The van der Waals surface area contributed by atoms with E-state index >= 15 is 0 Å². The Morgan fingerprint density at radius 1 is 1.05 bits per heavy atom. The first kappa shape index (κ1) is 27.1. The van der Waals surface area contributed by atoms with Crippen LogP contribution in [0, 0.1) is 11.3 Å². The second kappa shape index (κ2) is 11.0. The fraction of sp³-hybridized carbons (Fsp3) is 0.125. The Balaban J connectivity index is 1.46. The van der Waals surface area contributed by atoms with E-state index in [1.54, 1.807) is 43.0 Å². The number of nitriles is 1. The number of para-hydroxylation sites is 1. The lowest BCUT2D eigenvalue weighted by molar-refractivity contribution is -0.141. The molecule has 1 aromatic heterocycles. The highest BCUT2D eigenvalue weighted by molar-refractivity contribution is 9.10. The van der Waals surface area contributed by atoms with Gasteiger partial charge in [0.15, 0.2) is 11.5 Å². The molecule has 3 heterocycles. The maximum Gasteiger partial charge on any atom is 0.271 e. The van der Waals surface area contributed by atoms with Crippen LogP contribution in [0.3, 0.4) is 0 Å². The van der Waals surface area contributed by atoms with Crippen LogP contribution in [-0.4, -0.2) is 40.4 Å². The third-order valence-electron chi connectivity index (χ3n) is 7.09. The number of rotatable bonds is 6. The molecule has 0 fully saturated rings. The van der Waals surface area contributed by atoms with Gasteiger partial charge in [-0.25, -0.2) is 4.68 Å². The minimum Gasteiger partial charge on any atom is -0.496 e. The lowest BCUT2D eigenvalue weighted by Gasteiger charge is -2.27. The summed E-state index contributed by atoms with van der Waals surface area (Å²) in [5.74, 6) is 0.643. The predicted molar refractivity (Wildman–Crippen MR) is 158 cm³/mol. The van der Waals surface area contributed by atoms with E-state index in [1.807, 2.05) is 60.8 Å². The Bertz CT molecular complexity index is 1850. The fourth-order valence-corrected chi connectivity index (χ4v) is 5.44. The molecule has 0 saturated carbocycles. The van der Waals surface area contributed by atoms with Crippen LogP contribution in [0.5, 0.6) is 17.2 Å². The van der Waals surface area contributed by atoms with Crippen LogP contribution >= 0.6 is 15.9 Å². The van der Waals surface area contributed by atoms with Crippen LogP contribution < -0.4 is 14.2 Å². The van der Waals surface area contributed by atoms with Gasteiger partial charge in [0.1, 0.15) is 23.1 Å². The zero-order chi connectivity index (χ0) is 29.4. The van der Waals surface area contributed by atoms with E-state index in [-0.39, 0.29) is 24.5 Å². The first-order valence-electron chi connectivity index (χ1n) is 12.9. The molecule has 2 aliphatic rings. The third-order valence-corrected chi connectivity index (χ3v) is 7.71. The predicted octanol–water partition coefficient (Wildman–Crippen LogP) is 5.83. The number of hydrogen-bond donors (Lipinski definition) is 0. The zero-order valence-corrected chi connectivity index (χ0v) is 24.2. The highest BCUT2D eigenvalue weighted by atomic mass is 79.9. The topological polar surface area (TPSA) is 107 Å². The molecule has 4 aromatic rings. The standard InChI is InChI=1S/C32H23BrN4O5/c1-19-24(31(38)36(32(39)25(19)15-34)16-20-8-10-28-29(12-20)42-18-41-28)13-22-17-37(23-6-4-3-5-7-23)35-30(22)21-9-11-27(40-2)26(33)14-21/h3-14,17H,16,18H2,1-2H3/b24-13+. The van der Waals surface area contributed by atoms with Gasteiger partial charge >= 0.3 is 0 Å². The number of hydrogen-bond acceptors (Lipinski definition) is 7. The lowest BCUT2D eigenvalue weighted by Crippen LogP contribution is -2.42. The minimum atomic E-state index is -0.644. The quantitative estimate of drug-likeness (QED) is 0.197. The van der Waals surface area contributed by atoms with E-state index in [0.29, 0.717) is 39.6 Å². The van der Waals surface area contributed by atoms with Crippen molar-refractivity contribution in [2.45, 2.75) is 13.5 Å². The molecule has 0 atom stereocenters. The number of imide groups is 1. The summed E-state index contributed by atoms with van der Waals surface area (Å²) in [7, 11) is 1.59. The van der Waals surface area contributed by atoms with Crippen LogP contribution in [0.2, 0.25) is 0 Å². The Morgan fingerprint density at radius 2 is 1.83 bits per heavy atom. The largest absolute Gasteiger partial charge is 0.496 e. The van der Waals surface area contributed by atoms with Crippen molar-refractivity contribution in [1.82, 2.24) is 14.7 Å². The van der Waals surface area contributed by atoms with E-state index in [0.717, 1.165) is 20.6 Å². The number of carbonyl (C=O) groups excluding carboxylic acids is 2. The summed E-state index contributed by atoms with van der Waals surface area (Å²) in [5.41, 5.74) is 3.96. The molecular weight excluding hydrogens is 600 g/mol. The highest BCUT2D eigenvalue weighted by Crippen LogP contribution is 2.36. The van der Waals surface area contributed by atoms with Crippen LogP contribution in [0.4, 0.5) is 0 Å². The summed E-state index contributed by atoms with van der Waals surface area (Å²) in [6.07, 6.45) is 3.51. The van der Waals surface area contributed by atoms with Crippen LogP contribution in [0.15, 0.2) is 94.1 Å². The second-order valence-corrected chi connectivity index (χ2v) is 10.5. The summed E-state index contributed by atoms with van der Waals surface area (Å²) >= 11 is 3.55. The number of halogens is 1. The van der Waals surface area contributed by atoms with E-state index < -0.39 is 11.8 Å². The van der Waals surface area contributed by atoms with Crippen molar-refractivity contribution in [2.24, 2.45) is 0 Å². The van der Waals surface area contributed by atoms with Gasteiger partial charge in [-0.05, 0) is 82.5 Å². The lowest BCUT2D eigenvalue weighted by atomic mass is 9.93. The van der Waals surface area contributed by atoms with Gasteiger partial charge in [0, 0.05) is 22.9 Å². The molecule has 0 aliphatic carbocycles. The summed E-state index contributed by atoms with van der Waals surface area (Å²) in [6.45, 7) is 1.69. The smallest absolute Gasteiger partial charge is 0.271 e. The number of nitrogens with zero attached hydrogens (tertiary/aromatic N) is 4. The maximum absolute atomic E-state index is 13.9. The summed E-state index contributed by atoms with van der Waals surface area (Å²) in [4.78, 5) is 28.3. The average Bonchev–Trinajstić information content (AvgIpc) is 3.65. The van der Waals surface area contributed by atoms with E-state index in [4.69, 9.17) is 19.3 Å². The van der Waals surface area contributed by atoms with Gasteiger partial charge in [0.05, 0.1) is 23.8 Å². The summed E-state index contributed by atoms with van der Waals surface area (Å²) < 4.78 is 18.7. The Morgan fingerprint density at radius 3 is 2.57 bits per heavy atom. The summed E-state index contributed by atoms with van der Waals surface area (Å²) in [6, 6.07) is 22.4. The van der Waals surface area contributed by atoms with E-state index in [1.165, 1.54) is 0 Å². The SMILES string of the molecule is COc1ccc(-c2nn(-c3ccccc3)cc2/C=C2/C(=O)N(Cc3ccc4c(c3)OCO4)C(=O)C(C#N)=C2C)cc1Br. The molecule has 0 saturated heterocycles. The van der Waals surface area contributed by atoms with Crippen molar-refractivity contribution >= 4 is 33.8 Å². The molecule has 2 amide bonds. The van der Waals surface area contributed by atoms with Gasteiger partial charge in [0.2, 0.25) is 6.79 Å². The Kier molecular flexibility index (Phi) is 7.10. The van der Waals surface area contributed by atoms with Crippen molar-refractivity contribution in [1.29, 1.82) is 5.26 Å². The van der Waals surface area contributed by atoms with Crippen LogP contribution in [0.1, 0.15) is 18.1 Å². The van der Waals surface area contributed by atoms with E-state index in [9.17, 15) is 14.9 Å². The molecule has 0 unspecified atom stereocenters. The molecule has 3 aromatic carbocycles. The number of ether oxygens (including phenoxy) is 3. The Hall–Kier alpha value is -5.14. The first-order chi connectivity index (χ1) is 20.4. The fourth-order valence-electron chi connectivity index (χ4n) is 4.89. The van der Waals surface area contributed by atoms with Crippen molar-refractivity contribution in [3.05, 3.63) is 105 Å². The highest BCUT2D eigenvalue weighted by Gasteiger charge is 2.36. The van der Waals surface area contributed by atoms with Gasteiger partial charge in [0.25, 0.3) is 11.8 Å². The van der Waals surface area contributed by atoms with Gasteiger partial charge < -0.3 is 14.2 Å². The van der Waals surface area contributed by atoms with Gasteiger partial charge in [-0.2, -0.15) is 10.4 Å². The molecule has 208 valence electrons. The monoisotopic (exact) mass is 622 g/mol. The molecule has 2 aliphatic heterocycles. The molecule has 10 heteroatoms. The van der Waals surface area contributed by atoms with Gasteiger partial charge in [-0.1, -0.05) is 24.3 Å². The number of amides is 2. The number of aromatic nitrogens is 2.